The maximum absolute atomic E-state index is 5.38. The van der Waals surface area contributed by atoms with Gasteiger partial charge in [0.15, 0.2) is 0 Å². The molecule has 0 amide bonds. The summed E-state index contributed by atoms with van der Waals surface area (Å²) in [6.07, 6.45) is 5.35. The Morgan fingerprint density at radius 2 is 1.47 bits per heavy atom. The first kappa shape index (κ1) is 16.1. The number of hydrogen-bond donors (Lipinski definition) is 0. The van der Waals surface area contributed by atoms with E-state index in [1.54, 1.807) is 14.2 Å². The van der Waals surface area contributed by atoms with Gasteiger partial charge in [-0.05, 0) is 12.1 Å². The molecule has 0 fully saturated rings. The van der Waals surface area contributed by atoms with E-state index in [2.05, 4.69) is 32.2 Å². The molecule has 0 atom stereocenters. The second-order valence-electron chi connectivity index (χ2n) is 5.80. The molecule has 0 aromatic heterocycles. The van der Waals surface area contributed by atoms with Crippen molar-refractivity contribution in [3.05, 3.63) is 18.2 Å². The van der Waals surface area contributed by atoms with Crippen LogP contribution in [0.3, 0.4) is 0 Å². The Balaban J connectivity index is 2.80. The van der Waals surface area contributed by atoms with Crippen molar-refractivity contribution in [2.24, 2.45) is 0 Å². The molecule has 108 valence electrons. The van der Waals surface area contributed by atoms with Crippen molar-refractivity contribution in [2.75, 3.05) is 14.2 Å². The van der Waals surface area contributed by atoms with Gasteiger partial charge in [-0.15, -0.1) is 0 Å². The minimum absolute atomic E-state index is 0.906. The van der Waals surface area contributed by atoms with Crippen molar-refractivity contribution in [1.29, 1.82) is 0 Å². The highest BCUT2D eigenvalue weighted by Gasteiger charge is 2.24. The number of benzene rings is 1. The second kappa shape index (κ2) is 7.58. The monoisotopic (exact) mass is 280 g/mol. The van der Waals surface area contributed by atoms with E-state index in [4.69, 9.17) is 9.47 Å². The molecule has 1 aromatic rings. The van der Waals surface area contributed by atoms with Crippen LogP contribution < -0.4 is 14.7 Å². The largest absolute Gasteiger partial charge is 0.497 e. The Morgan fingerprint density at radius 1 is 0.895 bits per heavy atom. The van der Waals surface area contributed by atoms with Gasteiger partial charge >= 0.3 is 0 Å². The molecule has 0 bridgehead atoms. The van der Waals surface area contributed by atoms with E-state index in [9.17, 15) is 0 Å². The van der Waals surface area contributed by atoms with Gasteiger partial charge < -0.3 is 9.47 Å². The van der Waals surface area contributed by atoms with Gasteiger partial charge in [0.25, 0.3) is 0 Å². The molecule has 1 aromatic carbocycles. The zero-order chi connectivity index (χ0) is 14.3. The predicted octanol–water partition coefficient (Wildman–Crippen LogP) is 4.20. The van der Waals surface area contributed by atoms with Gasteiger partial charge in [0, 0.05) is 6.07 Å². The minimum atomic E-state index is -1.38. The standard InChI is InChI=1S/C16H28O2Si/c1-6-7-8-9-10-19(4,5)16-12-14(17-2)11-15(13-16)18-3/h11-13H,6-10H2,1-5H3. The van der Waals surface area contributed by atoms with Crippen LogP contribution in [-0.4, -0.2) is 22.3 Å². The molecule has 0 N–H and O–H groups in total. The van der Waals surface area contributed by atoms with Crippen molar-refractivity contribution in [1.82, 2.24) is 0 Å². The summed E-state index contributed by atoms with van der Waals surface area (Å²) < 4.78 is 10.8. The van der Waals surface area contributed by atoms with Gasteiger partial charge in [-0.25, -0.2) is 0 Å². The van der Waals surface area contributed by atoms with Crippen LogP contribution in [-0.2, 0) is 0 Å². The molecular weight excluding hydrogens is 252 g/mol. The highest BCUT2D eigenvalue weighted by atomic mass is 28.3. The maximum Gasteiger partial charge on any atom is 0.122 e. The Labute approximate surface area is 119 Å². The van der Waals surface area contributed by atoms with Gasteiger partial charge in [-0.2, -0.15) is 0 Å². The third-order valence-corrected chi connectivity index (χ3v) is 7.24. The van der Waals surface area contributed by atoms with E-state index >= 15 is 0 Å². The lowest BCUT2D eigenvalue weighted by atomic mass is 10.2. The summed E-state index contributed by atoms with van der Waals surface area (Å²) in [5.41, 5.74) is 0. The lowest BCUT2D eigenvalue weighted by Crippen LogP contribution is -2.41. The van der Waals surface area contributed by atoms with Crippen LogP contribution in [0.4, 0.5) is 0 Å². The van der Waals surface area contributed by atoms with Crippen LogP contribution in [0.2, 0.25) is 19.1 Å². The molecular formula is C16H28O2Si. The Morgan fingerprint density at radius 3 is 1.95 bits per heavy atom. The average Bonchev–Trinajstić information content (AvgIpc) is 2.43. The Hall–Kier alpha value is -0.963. The topological polar surface area (TPSA) is 18.5 Å². The van der Waals surface area contributed by atoms with Gasteiger partial charge in [0.2, 0.25) is 0 Å². The molecule has 19 heavy (non-hydrogen) atoms. The summed E-state index contributed by atoms with van der Waals surface area (Å²) in [6.45, 7) is 7.13. The van der Waals surface area contributed by atoms with Gasteiger partial charge in [0.1, 0.15) is 11.5 Å². The summed E-state index contributed by atoms with van der Waals surface area (Å²) in [7, 11) is 2.05. The van der Waals surface area contributed by atoms with E-state index in [-0.39, 0.29) is 0 Å². The van der Waals surface area contributed by atoms with Crippen molar-refractivity contribution in [2.45, 2.75) is 51.7 Å². The van der Waals surface area contributed by atoms with Gasteiger partial charge in [-0.1, -0.05) is 56.9 Å². The third kappa shape index (κ3) is 4.90. The molecule has 3 heteroatoms. The van der Waals surface area contributed by atoms with Gasteiger partial charge in [0.05, 0.1) is 22.3 Å². The number of hydrogen-bond acceptors (Lipinski definition) is 2. The van der Waals surface area contributed by atoms with E-state index in [1.807, 2.05) is 6.07 Å². The van der Waals surface area contributed by atoms with E-state index in [0.29, 0.717) is 0 Å². The predicted molar refractivity (Wildman–Crippen MR) is 85.6 cm³/mol. The number of rotatable bonds is 8. The molecule has 0 spiro atoms. The highest BCUT2D eigenvalue weighted by molar-refractivity contribution is 6.89. The SMILES string of the molecule is CCCCCC[Si](C)(C)c1cc(OC)cc(OC)c1. The molecule has 0 unspecified atom stereocenters. The normalized spacial score (nSPS) is 11.4. The van der Waals surface area contributed by atoms with E-state index in [0.717, 1.165) is 11.5 Å². The first-order valence-electron chi connectivity index (χ1n) is 7.27. The smallest absolute Gasteiger partial charge is 0.122 e. The number of methoxy groups -OCH3 is 2. The molecule has 0 saturated carbocycles. The lowest BCUT2D eigenvalue weighted by Gasteiger charge is -2.24. The fourth-order valence-corrected chi connectivity index (χ4v) is 4.82. The quantitative estimate of drug-likeness (QED) is 0.525. The lowest BCUT2D eigenvalue weighted by molar-refractivity contribution is 0.395. The first-order valence-corrected chi connectivity index (χ1v) is 10.5. The number of ether oxygens (including phenoxy) is 2. The third-order valence-electron chi connectivity index (χ3n) is 3.79. The summed E-state index contributed by atoms with van der Waals surface area (Å²) in [5, 5.41) is 1.43. The summed E-state index contributed by atoms with van der Waals surface area (Å²) in [4.78, 5) is 0. The summed E-state index contributed by atoms with van der Waals surface area (Å²) in [6, 6.07) is 7.66. The van der Waals surface area contributed by atoms with Crippen LogP contribution in [0.5, 0.6) is 11.5 Å². The molecule has 0 radical (unpaired) electrons. The van der Waals surface area contributed by atoms with Crippen LogP contribution in [0.15, 0.2) is 18.2 Å². The average molecular weight is 280 g/mol. The van der Waals surface area contributed by atoms with Crippen molar-refractivity contribution < 1.29 is 9.47 Å². The Bertz CT molecular complexity index is 366. The van der Waals surface area contributed by atoms with Crippen LogP contribution >= 0.6 is 0 Å². The van der Waals surface area contributed by atoms with Crippen LogP contribution in [0, 0.1) is 0 Å². The van der Waals surface area contributed by atoms with Crippen LogP contribution in [0.25, 0.3) is 0 Å². The van der Waals surface area contributed by atoms with Crippen molar-refractivity contribution in [3.8, 4) is 11.5 Å². The molecule has 2 nitrogen and oxygen atoms in total. The number of unbranched alkanes of at least 4 members (excludes halogenated alkanes) is 3. The van der Waals surface area contributed by atoms with Gasteiger partial charge in [-0.3, -0.25) is 0 Å². The molecule has 0 aliphatic heterocycles. The highest BCUT2D eigenvalue weighted by Crippen LogP contribution is 2.23. The molecule has 1 rings (SSSR count). The molecule has 0 saturated heterocycles. The summed E-state index contributed by atoms with van der Waals surface area (Å²) in [5.74, 6) is 1.81. The second-order valence-corrected chi connectivity index (χ2v) is 10.6. The summed E-state index contributed by atoms with van der Waals surface area (Å²) >= 11 is 0. The molecule has 0 heterocycles. The van der Waals surface area contributed by atoms with E-state index < -0.39 is 8.07 Å². The zero-order valence-electron chi connectivity index (χ0n) is 13.1. The fourth-order valence-electron chi connectivity index (χ4n) is 2.34. The minimum Gasteiger partial charge on any atom is -0.497 e. The zero-order valence-corrected chi connectivity index (χ0v) is 14.1. The van der Waals surface area contributed by atoms with Crippen molar-refractivity contribution in [3.63, 3.8) is 0 Å². The molecule has 0 aliphatic carbocycles. The van der Waals surface area contributed by atoms with E-state index in [1.165, 1.54) is 36.9 Å². The first-order chi connectivity index (χ1) is 9.03. The maximum atomic E-state index is 5.38. The Kier molecular flexibility index (Phi) is 6.42. The van der Waals surface area contributed by atoms with Crippen LogP contribution in [0.1, 0.15) is 32.6 Å². The molecule has 0 aliphatic rings. The fraction of sp³-hybridized carbons (Fsp3) is 0.625. The van der Waals surface area contributed by atoms with Crippen molar-refractivity contribution >= 4 is 13.3 Å².